The Hall–Kier alpha value is -4.73. The number of aromatic nitrogens is 3. The fourth-order valence-electron chi connectivity index (χ4n) is 5.20. The number of nitrogens with one attached hydrogen (secondary N) is 3. The molecular weight excluding hydrogens is 633 g/mol. The minimum Gasteiger partial charge on any atom is -0.493 e. The topological polar surface area (TPSA) is 117 Å². The zero-order valence-electron chi connectivity index (χ0n) is 25.7. The SMILES string of the molecule is COc1cc2c(Nc3ccc4nc(NC(=O)Nc5cccc(C(F)(F)F)c5)sc4c3)ncnc2cc1OCCCN1CCN(C)CC1. The Kier molecular flexibility index (Phi) is 9.56. The van der Waals surface area contributed by atoms with Crippen LogP contribution in [0.3, 0.4) is 0 Å². The fourth-order valence-corrected chi connectivity index (χ4v) is 6.10. The zero-order valence-corrected chi connectivity index (χ0v) is 26.5. The van der Waals surface area contributed by atoms with Crippen LogP contribution in [0.2, 0.25) is 0 Å². The van der Waals surface area contributed by atoms with Gasteiger partial charge in [0.1, 0.15) is 12.1 Å². The second-order valence-corrected chi connectivity index (χ2v) is 12.1. The highest BCUT2D eigenvalue weighted by atomic mass is 32.1. The quantitative estimate of drug-likeness (QED) is 0.141. The predicted octanol–water partition coefficient (Wildman–Crippen LogP) is 6.67. The lowest BCUT2D eigenvalue weighted by Crippen LogP contribution is -2.44. The fraction of sp³-hybridized carbons (Fsp3) is 0.312. The number of nitrogens with zero attached hydrogens (tertiary/aromatic N) is 5. The summed E-state index contributed by atoms with van der Waals surface area (Å²) in [5, 5.41) is 9.37. The summed E-state index contributed by atoms with van der Waals surface area (Å²) in [6.45, 7) is 5.84. The first-order valence-electron chi connectivity index (χ1n) is 14.9. The molecule has 246 valence electrons. The molecule has 1 saturated heterocycles. The van der Waals surface area contributed by atoms with E-state index < -0.39 is 17.8 Å². The number of rotatable bonds is 10. The van der Waals surface area contributed by atoms with E-state index in [4.69, 9.17) is 9.47 Å². The van der Waals surface area contributed by atoms with Gasteiger partial charge in [0.25, 0.3) is 0 Å². The van der Waals surface area contributed by atoms with Gasteiger partial charge in [0.15, 0.2) is 16.6 Å². The lowest BCUT2D eigenvalue weighted by molar-refractivity contribution is -0.137. The smallest absolute Gasteiger partial charge is 0.416 e. The number of piperazine rings is 1. The lowest BCUT2D eigenvalue weighted by atomic mass is 10.2. The summed E-state index contributed by atoms with van der Waals surface area (Å²) in [5.74, 6) is 1.76. The Morgan fingerprint density at radius 2 is 1.79 bits per heavy atom. The molecule has 1 aliphatic heterocycles. The van der Waals surface area contributed by atoms with Crippen LogP contribution in [-0.4, -0.2) is 84.3 Å². The third-order valence-corrected chi connectivity index (χ3v) is 8.65. The van der Waals surface area contributed by atoms with Crippen LogP contribution < -0.4 is 25.4 Å². The number of methoxy groups -OCH3 is 1. The van der Waals surface area contributed by atoms with E-state index in [0.717, 1.165) is 67.1 Å². The lowest BCUT2D eigenvalue weighted by Gasteiger charge is -2.32. The van der Waals surface area contributed by atoms with Crippen LogP contribution in [-0.2, 0) is 6.18 Å². The number of ether oxygens (including phenoxy) is 2. The molecule has 0 bridgehead atoms. The molecule has 1 aliphatic rings. The van der Waals surface area contributed by atoms with Gasteiger partial charge in [-0.25, -0.2) is 19.7 Å². The van der Waals surface area contributed by atoms with Crippen molar-refractivity contribution < 1.29 is 27.4 Å². The molecule has 47 heavy (non-hydrogen) atoms. The number of benzene rings is 3. The number of thiazole rings is 1. The van der Waals surface area contributed by atoms with Crippen LogP contribution in [0, 0.1) is 0 Å². The standard InChI is InChI=1S/C32H33F3N8O3S/c1-42-10-12-43(13-11-42)9-4-14-46-27-18-25-23(17-26(27)45-2)29(37-19-36-25)38-22-7-8-24-28(16-22)47-31(40-24)41-30(44)39-21-6-3-5-20(15-21)32(33,34)35/h3,5-8,15-19H,4,9-14H2,1-2H3,(H,36,37,38)(H2,39,40,41,44). The Morgan fingerprint density at radius 1 is 0.957 bits per heavy atom. The van der Waals surface area contributed by atoms with Crippen LogP contribution in [0.25, 0.3) is 21.1 Å². The molecule has 0 spiro atoms. The number of hydrogen-bond donors (Lipinski definition) is 3. The molecule has 0 atom stereocenters. The molecule has 2 aromatic heterocycles. The summed E-state index contributed by atoms with van der Waals surface area (Å²) in [6, 6.07) is 12.9. The number of likely N-dealkylation sites (N-methyl/N-ethyl adjacent to an activating group) is 1. The van der Waals surface area contributed by atoms with Gasteiger partial charge >= 0.3 is 12.2 Å². The monoisotopic (exact) mass is 666 g/mol. The number of anilines is 4. The Bertz CT molecular complexity index is 1880. The van der Waals surface area contributed by atoms with Gasteiger partial charge in [0.05, 0.1) is 35.0 Å². The molecule has 1 fully saturated rings. The Labute approximate surface area is 272 Å². The molecule has 3 aromatic carbocycles. The second kappa shape index (κ2) is 13.9. The third-order valence-electron chi connectivity index (χ3n) is 7.71. The van der Waals surface area contributed by atoms with E-state index in [1.807, 2.05) is 24.3 Å². The van der Waals surface area contributed by atoms with Crippen LogP contribution in [0.1, 0.15) is 12.0 Å². The molecule has 2 amide bonds. The van der Waals surface area contributed by atoms with Crippen molar-refractivity contribution in [3.8, 4) is 11.5 Å². The van der Waals surface area contributed by atoms with Gasteiger partial charge in [-0.05, 0) is 55.9 Å². The van der Waals surface area contributed by atoms with Crippen molar-refractivity contribution in [2.24, 2.45) is 0 Å². The summed E-state index contributed by atoms with van der Waals surface area (Å²) in [5.41, 5.74) is 1.21. The summed E-state index contributed by atoms with van der Waals surface area (Å²) in [7, 11) is 3.74. The number of amides is 2. The molecule has 5 aromatic rings. The normalized spacial score (nSPS) is 14.3. The van der Waals surface area contributed by atoms with Crippen LogP contribution in [0.15, 0.2) is 60.9 Å². The predicted molar refractivity (Wildman–Crippen MR) is 177 cm³/mol. The van der Waals surface area contributed by atoms with E-state index in [0.29, 0.717) is 35.0 Å². The molecular formula is C32H33F3N8O3S. The number of carbonyl (C=O) groups is 1. The molecule has 0 aliphatic carbocycles. The van der Waals surface area contributed by atoms with E-state index in [2.05, 4.69) is 47.7 Å². The third kappa shape index (κ3) is 7.99. The highest BCUT2D eigenvalue weighted by Crippen LogP contribution is 2.36. The molecule has 0 unspecified atom stereocenters. The largest absolute Gasteiger partial charge is 0.493 e. The molecule has 0 saturated carbocycles. The van der Waals surface area contributed by atoms with Gasteiger partial charge in [-0.3, -0.25) is 5.32 Å². The first kappa shape index (κ1) is 32.2. The summed E-state index contributed by atoms with van der Waals surface area (Å²) in [6.07, 6.45) is -2.14. The maximum absolute atomic E-state index is 13.0. The van der Waals surface area contributed by atoms with Gasteiger partial charge in [0, 0.05) is 55.6 Å². The molecule has 3 heterocycles. The maximum atomic E-state index is 13.0. The Balaban J connectivity index is 1.11. The molecule has 15 heteroatoms. The Morgan fingerprint density at radius 3 is 2.57 bits per heavy atom. The number of fused-ring (bicyclic) bond motifs is 2. The number of halogens is 3. The van der Waals surface area contributed by atoms with Gasteiger partial charge in [-0.2, -0.15) is 13.2 Å². The highest BCUT2D eigenvalue weighted by molar-refractivity contribution is 7.22. The van der Waals surface area contributed by atoms with Crippen molar-refractivity contribution in [2.75, 3.05) is 69.4 Å². The number of urea groups is 1. The molecule has 11 nitrogen and oxygen atoms in total. The number of carbonyl (C=O) groups excluding carboxylic acids is 1. The van der Waals surface area contributed by atoms with Gasteiger partial charge in [-0.1, -0.05) is 17.4 Å². The number of hydrogen-bond acceptors (Lipinski definition) is 10. The number of alkyl halides is 3. The van der Waals surface area contributed by atoms with E-state index in [-0.39, 0.29) is 10.8 Å². The summed E-state index contributed by atoms with van der Waals surface area (Å²) >= 11 is 1.22. The van der Waals surface area contributed by atoms with Crippen molar-refractivity contribution in [3.63, 3.8) is 0 Å². The van der Waals surface area contributed by atoms with Crippen molar-refractivity contribution in [3.05, 3.63) is 66.5 Å². The zero-order chi connectivity index (χ0) is 33.0. The van der Waals surface area contributed by atoms with Gasteiger partial charge < -0.3 is 29.9 Å². The first-order valence-corrected chi connectivity index (χ1v) is 15.8. The average molecular weight is 667 g/mol. The van der Waals surface area contributed by atoms with Crippen LogP contribution in [0.4, 0.5) is 40.3 Å². The van der Waals surface area contributed by atoms with Crippen LogP contribution >= 0.6 is 11.3 Å². The summed E-state index contributed by atoms with van der Waals surface area (Å²) < 4.78 is 51.6. The van der Waals surface area contributed by atoms with Crippen molar-refractivity contribution in [2.45, 2.75) is 12.6 Å². The summed E-state index contributed by atoms with van der Waals surface area (Å²) in [4.78, 5) is 30.6. The van der Waals surface area contributed by atoms with E-state index in [9.17, 15) is 18.0 Å². The van der Waals surface area contributed by atoms with Gasteiger partial charge in [0.2, 0.25) is 0 Å². The minimum absolute atomic E-state index is 0.0125. The highest BCUT2D eigenvalue weighted by Gasteiger charge is 2.30. The van der Waals surface area contributed by atoms with Gasteiger partial charge in [-0.15, -0.1) is 0 Å². The average Bonchev–Trinajstić information content (AvgIpc) is 3.44. The molecule has 0 radical (unpaired) electrons. The second-order valence-electron chi connectivity index (χ2n) is 11.1. The molecule has 3 N–H and O–H groups in total. The van der Waals surface area contributed by atoms with Crippen molar-refractivity contribution >= 4 is 60.8 Å². The first-order chi connectivity index (χ1) is 22.6. The minimum atomic E-state index is -4.52. The van der Waals surface area contributed by atoms with E-state index >= 15 is 0 Å². The van der Waals surface area contributed by atoms with E-state index in [1.165, 1.54) is 29.8 Å². The van der Waals surface area contributed by atoms with Crippen molar-refractivity contribution in [1.29, 1.82) is 0 Å². The van der Waals surface area contributed by atoms with E-state index in [1.54, 1.807) is 13.2 Å². The maximum Gasteiger partial charge on any atom is 0.416 e. The van der Waals surface area contributed by atoms with Crippen molar-refractivity contribution in [1.82, 2.24) is 24.8 Å². The molecule has 6 rings (SSSR count). The van der Waals surface area contributed by atoms with Crippen LogP contribution in [0.5, 0.6) is 11.5 Å².